The van der Waals surface area contributed by atoms with E-state index in [9.17, 15) is 24.3 Å². The molecule has 0 aromatic heterocycles. The quantitative estimate of drug-likeness (QED) is 0.0569. The number of rotatable bonds is 16. The molecule has 0 saturated carbocycles. The predicted octanol–water partition coefficient (Wildman–Crippen LogP) is -3.97. The highest BCUT2D eigenvalue weighted by atomic mass is 32.2. The summed E-state index contributed by atoms with van der Waals surface area (Å²) in [6.45, 7) is 0.637. The van der Waals surface area contributed by atoms with Crippen LogP contribution in [0.2, 0.25) is 0 Å². The number of nitrogens with zero attached hydrogens (tertiary/aromatic N) is 1. The summed E-state index contributed by atoms with van der Waals surface area (Å²) in [5.74, 6) is -3.39. The van der Waals surface area contributed by atoms with E-state index < -0.39 is 60.6 Å². The number of carbonyl (C=O) groups is 4. The SMILES string of the molecule is CSCCC(NC(=O)C(N)C(C)O)C(=O)NC(CCCN=C(N)N)C(=O)NC(CO)C(=O)O. The number of carboxylic acids is 1. The van der Waals surface area contributed by atoms with E-state index in [1.54, 1.807) is 6.26 Å². The Morgan fingerprint density at radius 1 is 0.970 bits per heavy atom. The van der Waals surface area contributed by atoms with Gasteiger partial charge in [-0.15, -0.1) is 0 Å². The van der Waals surface area contributed by atoms with E-state index in [1.807, 2.05) is 0 Å². The Balaban J connectivity index is 5.48. The predicted molar refractivity (Wildman–Crippen MR) is 123 cm³/mol. The second-order valence-corrected chi connectivity index (χ2v) is 8.19. The Morgan fingerprint density at radius 3 is 1.94 bits per heavy atom. The van der Waals surface area contributed by atoms with Gasteiger partial charge in [-0.1, -0.05) is 0 Å². The fourth-order valence-corrected chi connectivity index (χ4v) is 2.97. The van der Waals surface area contributed by atoms with Crippen LogP contribution in [0.4, 0.5) is 0 Å². The van der Waals surface area contributed by atoms with E-state index in [2.05, 4.69) is 20.9 Å². The minimum atomic E-state index is -1.56. The van der Waals surface area contributed by atoms with Gasteiger partial charge in [0.1, 0.15) is 24.2 Å². The fraction of sp³-hybridized carbons (Fsp3) is 0.722. The van der Waals surface area contributed by atoms with E-state index in [0.29, 0.717) is 5.75 Å². The van der Waals surface area contributed by atoms with Gasteiger partial charge in [0.2, 0.25) is 17.7 Å². The van der Waals surface area contributed by atoms with Crippen molar-refractivity contribution in [3.8, 4) is 0 Å². The van der Waals surface area contributed by atoms with Crippen molar-refractivity contribution in [2.24, 2.45) is 22.2 Å². The molecule has 0 heterocycles. The zero-order chi connectivity index (χ0) is 25.6. The average Bonchev–Trinajstić information content (AvgIpc) is 2.75. The Kier molecular flexibility index (Phi) is 14.8. The van der Waals surface area contributed by atoms with Crippen LogP contribution in [0.1, 0.15) is 26.2 Å². The van der Waals surface area contributed by atoms with Gasteiger partial charge >= 0.3 is 5.97 Å². The van der Waals surface area contributed by atoms with E-state index in [1.165, 1.54) is 18.7 Å². The van der Waals surface area contributed by atoms with Crippen molar-refractivity contribution >= 4 is 41.4 Å². The highest BCUT2D eigenvalue weighted by Crippen LogP contribution is 2.06. The first-order valence-corrected chi connectivity index (χ1v) is 11.6. The number of aliphatic hydroxyl groups is 2. The maximum atomic E-state index is 12.9. The van der Waals surface area contributed by atoms with Gasteiger partial charge in [-0.3, -0.25) is 19.4 Å². The number of guanidine groups is 1. The number of aliphatic hydroxyl groups excluding tert-OH is 2. The zero-order valence-electron chi connectivity index (χ0n) is 18.7. The lowest BCUT2D eigenvalue weighted by Crippen LogP contribution is -2.58. The average molecular weight is 494 g/mol. The molecule has 0 aromatic rings. The van der Waals surface area contributed by atoms with Gasteiger partial charge in [0, 0.05) is 6.54 Å². The summed E-state index contributed by atoms with van der Waals surface area (Å²) < 4.78 is 0. The topological polar surface area (TPSA) is 255 Å². The van der Waals surface area contributed by atoms with Gasteiger partial charge in [0.05, 0.1) is 12.7 Å². The largest absolute Gasteiger partial charge is 0.480 e. The molecular weight excluding hydrogens is 458 g/mol. The molecule has 5 unspecified atom stereocenters. The van der Waals surface area contributed by atoms with Crippen molar-refractivity contribution in [3.05, 3.63) is 0 Å². The van der Waals surface area contributed by atoms with Gasteiger partial charge in [0.15, 0.2) is 5.96 Å². The number of nitrogens with two attached hydrogens (primary N) is 3. The lowest BCUT2D eigenvalue weighted by molar-refractivity contribution is -0.143. The Bertz CT molecular complexity index is 689. The van der Waals surface area contributed by atoms with Crippen LogP contribution >= 0.6 is 11.8 Å². The highest BCUT2D eigenvalue weighted by molar-refractivity contribution is 7.98. The van der Waals surface area contributed by atoms with E-state index in [0.717, 1.165) is 0 Å². The molecule has 5 atom stereocenters. The molecule has 0 rings (SSSR count). The monoisotopic (exact) mass is 493 g/mol. The lowest BCUT2D eigenvalue weighted by Gasteiger charge is -2.25. The van der Waals surface area contributed by atoms with Crippen LogP contribution in [0.3, 0.4) is 0 Å². The number of hydrogen-bond donors (Lipinski definition) is 9. The first-order valence-electron chi connectivity index (χ1n) is 10.2. The minimum Gasteiger partial charge on any atom is -0.480 e. The molecule has 33 heavy (non-hydrogen) atoms. The molecule has 190 valence electrons. The standard InChI is InChI=1S/C18H35N7O7S/c1-9(27)13(19)16(30)24-11(5-7-33-2)15(29)23-10(4-3-6-22-18(20)21)14(28)25-12(8-26)17(31)32/h9-13,26-27H,3-8,19H2,1-2H3,(H,23,29)(H,24,30)(H,25,28)(H,31,32)(H4,20,21,22). The first kappa shape index (κ1) is 30.4. The van der Waals surface area contributed by atoms with Crippen LogP contribution in [0.5, 0.6) is 0 Å². The van der Waals surface area contributed by atoms with Gasteiger partial charge in [-0.05, 0) is 38.2 Å². The summed E-state index contributed by atoms with van der Waals surface area (Å²) in [7, 11) is 0. The summed E-state index contributed by atoms with van der Waals surface area (Å²) in [5.41, 5.74) is 16.1. The Morgan fingerprint density at radius 2 is 1.48 bits per heavy atom. The number of thioether (sulfide) groups is 1. The van der Waals surface area contributed by atoms with Gasteiger partial charge in [-0.25, -0.2) is 4.79 Å². The molecule has 0 saturated heterocycles. The molecule has 0 aromatic carbocycles. The summed E-state index contributed by atoms with van der Waals surface area (Å²) in [5, 5.41) is 34.8. The fourth-order valence-electron chi connectivity index (χ4n) is 2.49. The first-order chi connectivity index (χ1) is 15.4. The number of carboxylic acid groups (broad SMARTS) is 1. The maximum Gasteiger partial charge on any atom is 0.328 e. The highest BCUT2D eigenvalue weighted by Gasteiger charge is 2.30. The number of aliphatic carboxylic acids is 1. The molecule has 0 aliphatic carbocycles. The maximum absolute atomic E-state index is 12.9. The summed E-state index contributed by atoms with van der Waals surface area (Å²) in [6.07, 6.45) is 1.18. The molecule has 0 aliphatic rings. The molecule has 12 N–H and O–H groups in total. The van der Waals surface area contributed by atoms with Crippen LogP contribution in [0.15, 0.2) is 4.99 Å². The second-order valence-electron chi connectivity index (χ2n) is 7.20. The number of aliphatic imine (C=N–C) groups is 1. The van der Waals surface area contributed by atoms with Crippen LogP contribution in [0, 0.1) is 0 Å². The summed E-state index contributed by atoms with van der Waals surface area (Å²) in [6, 6.07) is -5.07. The smallest absolute Gasteiger partial charge is 0.328 e. The van der Waals surface area contributed by atoms with Crippen LogP contribution in [-0.2, 0) is 19.2 Å². The third kappa shape index (κ3) is 12.3. The van der Waals surface area contributed by atoms with E-state index in [4.69, 9.17) is 27.4 Å². The van der Waals surface area contributed by atoms with Gasteiger partial charge in [0.25, 0.3) is 0 Å². The summed E-state index contributed by atoms with van der Waals surface area (Å²) in [4.78, 5) is 52.6. The second kappa shape index (κ2) is 16.1. The van der Waals surface area contributed by atoms with Crippen LogP contribution in [0.25, 0.3) is 0 Å². The normalized spacial score (nSPS) is 15.3. The minimum absolute atomic E-state index is 0.0441. The van der Waals surface area contributed by atoms with Crippen molar-refractivity contribution in [1.29, 1.82) is 0 Å². The van der Waals surface area contributed by atoms with E-state index in [-0.39, 0.29) is 31.8 Å². The summed E-state index contributed by atoms with van der Waals surface area (Å²) >= 11 is 1.43. The molecule has 0 radical (unpaired) electrons. The molecule has 0 bridgehead atoms. The van der Waals surface area contributed by atoms with Gasteiger partial charge in [-0.2, -0.15) is 11.8 Å². The van der Waals surface area contributed by atoms with Crippen molar-refractivity contribution in [1.82, 2.24) is 16.0 Å². The van der Waals surface area contributed by atoms with Crippen LogP contribution < -0.4 is 33.2 Å². The Hall–Kier alpha value is -2.62. The van der Waals surface area contributed by atoms with E-state index >= 15 is 0 Å². The molecule has 0 aliphatic heterocycles. The molecule has 0 fully saturated rings. The molecule has 3 amide bonds. The molecule has 15 heteroatoms. The number of carbonyl (C=O) groups excluding carboxylic acids is 3. The number of nitrogens with one attached hydrogen (secondary N) is 3. The van der Waals surface area contributed by atoms with Gasteiger partial charge < -0.3 is 48.5 Å². The number of hydrogen-bond acceptors (Lipinski definition) is 9. The zero-order valence-corrected chi connectivity index (χ0v) is 19.5. The van der Waals surface area contributed by atoms with Crippen molar-refractivity contribution in [2.75, 3.05) is 25.2 Å². The Labute approximate surface area is 196 Å². The van der Waals surface area contributed by atoms with Crippen molar-refractivity contribution in [3.63, 3.8) is 0 Å². The third-order valence-corrected chi connectivity index (χ3v) is 5.09. The molecule has 0 spiro atoms. The molecule has 14 nitrogen and oxygen atoms in total. The van der Waals surface area contributed by atoms with Crippen LogP contribution in [-0.4, -0.2) is 100 Å². The number of amides is 3. The molecular formula is C18H35N7O7S. The van der Waals surface area contributed by atoms with Crippen molar-refractivity contribution < 1.29 is 34.5 Å². The van der Waals surface area contributed by atoms with Crippen molar-refractivity contribution in [2.45, 2.75) is 56.5 Å². The lowest BCUT2D eigenvalue weighted by atomic mass is 10.1. The third-order valence-electron chi connectivity index (χ3n) is 4.44.